The van der Waals surface area contributed by atoms with Crippen LogP contribution in [0.1, 0.15) is 11.1 Å². The smallest absolute Gasteiger partial charge is 0.416 e. The van der Waals surface area contributed by atoms with Gasteiger partial charge in [-0.2, -0.15) is 21.6 Å². The summed E-state index contributed by atoms with van der Waals surface area (Å²) in [6.07, 6.45) is -5.47. The molecule has 0 heterocycles. The lowest BCUT2D eigenvalue weighted by Crippen LogP contribution is -2.28. The van der Waals surface area contributed by atoms with E-state index in [2.05, 4.69) is 15.0 Å². The molecule has 3 rings (SSSR count). The van der Waals surface area contributed by atoms with Crippen molar-refractivity contribution in [1.82, 2.24) is 5.32 Å². The number of nitrogens with one attached hydrogen (secondary N) is 1. The van der Waals surface area contributed by atoms with Gasteiger partial charge in [0.25, 0.3) is 0 Å². The molecule has 0 saturated heterocycles. The topological polar surface area (TPSA) is 120 Å². The Bertz CT molecular complexity index is 1360. The molecule has 0 bridgehead atoms. The number of alkyl halides is 3. The first-order valence-corrected chi connectivity index (χ1v) is 12.5. The predicted molar refractivity (Wildman–Crippen MR) is 130 cm³/mol. The van der Waals surface area contributed by atoms with Gasteiger partial charge in [0, 0.05) is 11.8 Å². The van der Waals surface area contributed by atoms with Crippen LogP contribution in [0, 0.1) is 0 Å². The molecule has 1 amide bonds. The van der Waals surface area contributed by atoms with E-state index in [1.807, 2.05) is 30.3 Å². The summed E-state index contributed by atoms with van der Waals surface area (Å²) in [5.41, 5.74) is 6.02. The third-order valence-corrected chi connectivity index (χ3v) is 6.68. The fourth-order valence-electron chi connectivity index (χ4n) is 2.76. The van der Waals surface area contributed by atoms with Gasteiger partial charge in [-0.3, -0.25) is 5.32 Å². The Morgan fingerprint density at radius 1 is 1.06 bits per heavy atom. The van der Waals surface area contributed by atoms with Crippen molar-refractivity contribution < 1.29 is 35.3 Å². The summed E-state index contributed by atoms with van der Waals surface area (Å²) in [5, 5.41) is 2.65. The molecule has 0 atom stereocenters. The molecule has 0 aliphatic heterocycles. The van der Waals surface area contributed by atoms with Gasteiger partial charge in [-0.15, -0.1) is 0 Å². The maximum Gasteiger partial charge on any atom is 0.416 e. The molecule has 0 saturated carbocycles. The number of alkyl carbamates (subject to hydrolysis) is 1. The Hall–Kier alpha value is -3.71. The molecule has 0 spiro atoms. The van der Waals surface area contributed by atoms with E-state index in [0.717, 1.165) is 29.8 Å². The molecule has 0 unspecified atom stereocenters. The number of halogens is 3. The van der Waals surface area contributed by atoms with Gasteiger partial charge in [-0.25, -0.2) is 9.79 Å². The van der Waals surface area contributed by atoms with Gasteiger partial charge in [-0.1, -0.05) is 48.2 Å². The van der Waals surface area contributed by atoms with E-state index in [1.165, 1.54) is 31.0 Å². The van der Waals surface area contributed by atoms with Crippen LogP contribution in [0.5, 0.6) is 5.75 Å². The largest absolute Gasteiger partial charge is 0.453 e. The maximum atomic E-state index is 12.9. The molecule has 190 valence electrons. The minimum Gasteiger partial charge on any atom is -0.453 e. The van der Waals surface area contributed by atoms with Crippen molar-refractivity contribution in [2.45, 2.75) is 16.8 Å². The van der Waals surface area contributed by atoms with Crippen molar-refractivity contribution in [1.29, 1.82) is 0 Å². The lowest BCUT2D eigenvalue weighted by molar-refractivity contribution is -0.137. The van der Waals surface area contributed by atoms with Gasteiger partial charge in [0.15, 0.2) is 5.17 Å². The highest BCUT2D eigenvalue weighted by atomic mass is 32.2. The Labute approximate surface area is 209 Å². The number of benzene rings is 3. The summed E-state index contributed by atoms with van der Waals surface area (Å²) >= 11 is 1.20. The van der Waals surface area contributed by atoms with E-state index in [0.29, 0.717) is 11.8 Å². The number of carbonyl (C=O) groups is 1. The van der Waals surface area contributed by atoms with Gasteiger partial charge < -0.3 is 14.7 Å². The van der Waals surface area contributed by atoms with Gasteiger partial charge >= 0.3 is 22.4 Å². The van der Waals surface area contributed by atoms with Crippen LogP contribution >= 0.6 is 11.8 Å². The van der Waals surface area contributed by atoms with E-state index in [1.54, 1.807) is 0 Å². The second kappa shape index (κ2) is 11.4. The average Bonchev–Trinajstić information content (AvgIpc) is 2.84. The number of amidine groups is 1. The number of nitrogen functional groups attached to an aromatic ring is 1. The normalized spacial score (nSPS) is 12.2. The first-order valence-electron chi connectivity index (χ1n) is 10.1. The summed E-state index contributed by atoms with van der Waals surface area (Å²) in [6.45, 7) is 0. The van der Waals surface area contributed by atoms with Gasteiger partial charge in [-0.05, 0) is 35.9 Å². The monoisotopic (exact) mass is 539 g/mol. The lowest BCUT2D eigenvalue weighted by Gasteiger charge is -2.12. The Balaban J connectivity index is 1.82. The fourth-order valence-corrected chi connectivity index (χ4v) is 4.54. The summed E-state index contributed by atoms with van der Waals surface area (Å²) in [7, 11) is -3.38. The molecule has 3 aromatic carbocycles. The quantitative estimate of drug-likeness (QED) is 0.188. The molecule has 3 aromatic rings. The van der Waals surface area contributed by atoms with Crippen molar-refractivity contribution in [3.8, 4) is 5.75 Å². The second-order valence-corrected chi connectivity index (χ2v) is 9.60. The highest BCUT2D eigenvalue weighted by Crippen LogP contribution is 2.32. The van der Waals surface area contributed by atoms with Crippen LogP contribution in [0.15, 0.2) is 82.7 Å². The number of thioether (sulfide) groups is 1. The first-order chi connectivity index (χ1) is 17.0. The van der Waals surface area contributed by atoms with Crippen LogP contribution in [0.3, 0.4) is 0 Å². The number of rotatable bonds is 6. The molecule has 0 fully saturated rings. The van der Waals surface area contributed by atoms with Crippen LogP contribution in [0.4, 0.5) is 29.3 Å². The standard InChI is InChI=1S/C23H20F3N3O5S2/c1-33-22(30)29-21(35-14-15-6-3-2-4-7-15)28-20-11-10-17(13-19(20)27)34-36(31,32)18-9-5-8-16(12-18)23(24,25)26/h2-13H,14,27H2,1H3,(H,28,29,30). The molecular weight excluding hydrogens is 519 g/mol. The summed E-state index contributed by atoms with van der Waals surface area (Å²) < 4.78 is 73.4. The van der Waals surface area contributed by atoms with Crippen molar-refractivity contribution >= 4 is 44.5 Å². The summed E-state index contributed by atoms with van der Waals surface area (Å²) in [6, 6.07) is 16.3. The number of hydrogen-bond acceptors (Lipinski definition) is 8. The predicted octanol–water partition coefficient (Wildman–Crippen LogP) is 5.33. The maximum absolute atomic E-state index is 12.9. The highest BCUT2D eigenvalue weighted by molar-refractivity contribution is 8.13. The van der Waals surface area contributed by atoms with Crippen LogP contribution in [0.25, 0.3) is 0 Å². The Morgan fingerprint density at radius 3 is 2.42 bits per heavy atom. The van der Waals surface area contributed by atoms with Crippen molar-refractivity contribution in [3.05, 3.63) is 83.9 Å². The van der Waals surface area contributed by atoms with Gasteiger partial charge in [0.2, 0.25) is 0 Å². The zero-order valence-electron chi connectivity index (χ0n) is 18.7. The van der Waals surface area contributed by atoms with E-state index in [9.17, 15) is 26.4 Å². The van der Waals surface area contributed by atoms with Gasteiger partial charge in [0.1, 0.15) is 10.6 Å². The minimum atomic E-state index is -4.72. The number of ether oxygens (including phenoxy) is 1. The number of nitrogens with two attached hydrogens (primary N) is 1. The molecule has 36 heavy (non-hydrogen) atoms. The third kappa shape index (κ3) is 7.39. The number of amides is 1. The molecular formula is C23H20F3N3O5S2. The fraction of sp³-hybridized carbons (Fsp3) is 0.130. The van der Waals surface area contributed by atoms with Crippen molar-refractivity contribution in [3.63, 3.8) is 0 Å². The van der Waals surface area contributed by atoms with Crippen LogP contribution in [0.2, 0.25) is 0 Å². The van der Waals surface area contributed by atoms with Crippen molar-refractivity contribution in [2.24, 2.45) is 4.99 Å². The lowest BCUT2D eigenvalue weighted by atomic mass is 10.2. The zero-order valence-corrected chi connectivity index (χ0v) is 20.3. The Kier molecular flexibility index (Phi) is 8.48. The molecule has 0 aromatic heterocycles. The summed E-state index contributed by atoms with van der Waals surface area (Å²) in [5.74, 6) is 0.239. The number of anilines is 1. The Morgan fingerprint density at radius 2 is 1.78 bits per heavy atom. The van der Waals surface area contributed by atoms with Gasteiger partial charge in [0.05, 0.1) is 24.0 Å². The molecule has 3 N–H and O–H groups in total. The molecule has 0 aliphatic carbocycles. The second-order valence-electron chi connectivity index (χ2n) is 7.09. The average molecular weight is 540 g/mol. The molecule has 8 nitrogen and oxygen atoms in total. The third-order valence-electron chi connectivity index (χ3n) is 4.49. The van der Waals surface area contributed by atoms with Crippen molar-refractivity contribution in [2.75, 3.05) is 12.8 Å². The van der Waals surface area contributed by atoms with E-state index < -0.39 is 32.8 Å². The van der Waals surface area contributed by atoms with E-state index in [4.69, 9.17) is 9.92 Å². The minimum absolute atomic E-state index is 0.00350. The number of hydrogen-bond donors (Lipinski definition) is 2. The highest BCUT2D eigenvalue weighted by Gasteiger charge is 2.32. The SMILES string of the molecule is COC(=O)NC(=Nc1ccc(OS(=O)(=O)c2cccc(C(F)(F)F)c2)cc1N)SCc1ccccc1. The molecule has 0 aliphatic rings. The van der Waals surface area contributed by atoms with Crippen LogP contribution < -0.4 is 15.2 Å². The van der Waals surface area contributed by atoms with E-state index in [-0.39, 0.29) is 22.3 Å². The molecule has 13 heteroatoms. The molecule has 0 radical (unpaired) electrons. The number of nitrogens with zero attached hydrogens (tertiary/aromatic N) is 1. The van der Waals surface area contributed by atoms with E-state index >= 15 is 0 Å². The number of carbonyl (C=O) groups excluding carboxylic acids is 1. The zero-order chi connectivity index (χ0) is 26.3. The van der Waals surface area contributed by atoms with Crippen LogP contribution in [-0.4, -0.2) is 26.8 Å². The number of aliphatic imine (C=N–C) groups is 1. The number of methoxy groups -OCH3 is 1. The summed E-state index contributed by atoms with van der Waals surface area (Å²) in [4.78, 5) is 15.4. The van der Waals surface area contributed by atoms with Crippen LogP contribution in [-0.2, 0) is 26.8 Å². The first kappa shape index (κ1) is 26.9.